The van der Waals surface area contributed by atoms with Gasteiger partial charge in [-0.3, -0.25) is 14.5 Å². The number of ether oxygens (including phenoxy) is 2. The lowest BCUT2D eigenvalue weighted by Gasteiger charge is -2.14. The average Bonchev–Trinajstić information content (AvgIpc) is 3.00. The van der Waals surface area contributed by atoms with Crippen molar-refractivity contribution in [1.29, 1.82) is 0 Å². The summed E-state index contributed by atoms with van der Waals surface area (Å²) < 4.78 is 11.1. The summed E-state index contributed by atoms with van der Waals surface area (Å²) in [5, 5.41) is 10.6. The van der Waals surface area contributed by atoms with E-state index in [9.17, 15) is 19.5 Å². The largest absolute Gasteiger partial charge is 0.545 e. The third-order valence-electron chi connectivity index (χ3n) is 4.25. The van der Waals surface area contributed by atoms with Crippen molar-refractivity contribution in [2.75, 3.05) is 13.7 Å². The van der Waals surface area contributed by atoms with Gasteiger partial charge in [-0.15, -0.1) is 6.42 Å². The molecule has 1 aliphatic rings. The van der Waals surface area contributed by atoms with Gasteiger partial charge in [-0.05, 0) is 46.7 Å². The number of terminal acetylenes is 1. The number of halogens is 1. The van der Waals surface area contributed by atoms with Gasteiger partial charge in [-0.1, -0.05) is 41.8 Å². The molecular weight excluding hydrogens is 442 g/mol. The lowest BCUT2D eigenvalue weighted by Crippen LogP contribution is -2.28. The highest BCUT2D eigenvalue weighted by molar-refractivity contribution is 8.18. The molecule has 0 saturated carbocycles. The van der Waals surface area contributed by atoms with E-state index < -0.39 is 17.1 Å². The predicted molar refractivity (Wildman–Crippen MR) is 115 cm³/mol. The number of hydrogen-bond acceptors (Lipinski definition) is 7. The van der Waals surface area contributed by atoms with Crippen molar-refractivity contribution in [3.05, 3.63) is 63.0 Å². The Balaban J connectivity index is 1.80. The summed E-state index contributed by atoms with van der Waals surface area (Å²) in [5.41, 5.74) is 1.32. The second kappa shape index (κ2) is 9.60. The van der Waals surface area contributed by atoms with Crippen molar-refractivity contribution in [3.8, 4) is 23.8 Å². The van der Waals surface area contributed by atoms with E-state index in [0.717, 1.165) is 22.2 Å². The number of aromatic carboxylic acids is 1. The Kier molecular flexibility index (Phi) is 6.90. The molecule has 0 unspecified atom stereocenters. The molecule has 3 rings (SSSR count). The summed E-state index contributed by atoms with van der Waals surface area (Å²) in [6.07, 6.45) is 6.72. The Morgan fingerprint density at radius 2 is 2.00 bits per heavy atom. The molecule has 2 aromatic rings. The summed E-state index contributed by atoms with van der Waals surface area (Å²) >= 11 is 7.15. The first kappa shape index (κ1) is 22.3. The molecule has 1 aliphatic heterocycles. The van der Waals surface area contributed by atoms with Crippen LogP contribution in [-0.4, -0.2) is 35.7 Å². The molecule has 158 valence electrons. The second-order valence-electron chi connectivity index (χ2n) is 6.28. The van der Waals surface area contributed by atoms with Gasteiger partial charge < -0.3 is 19.4 Å². The van der Waals surface area contributed by atoms with Crippen molar-refractivity contribution >= 4 is 46.6 Å². The molecule has 2 amide bonds. The van der Waals surface area contributed by atoms with Gasteiger partial charge in [-0.25, -0.2) is 0 Å². The molecule has 0 aromatic heterocycles. The Morgan fingerprint density at radius 3 is 2.61 bits per heavy atom. The molecule has 1 saturated heterocycles. The highest BCUT2D eigenvalue weighted by atomic mass is 35.5. The number of hydrogen-bond donors (Lipinski definition) is 0. The molecule has 1 fully saturated rings. The molecule has 2 aromatic carbocycles. The highest BCUT2D eigenvalue weighted by Gasteiger charge is 2.34. The number of carboxylic acids is 1. The minimum atomic E-state index is -1.26. The van der Waals surface area contributed by atoms with Crippen LogP contribution in [-0.2, 0) is 11.4 Å². The maximum absolute atomic E-state index is 12.3. The van der Waals surface area contributed by atoms with Gasteiger partial charge in [0.1, 0.15) is 6.61 Å². The van der Waals surface area contributed by atoms with Crippen LogP contribution in [0.4, 0.5) is 4.79 Å². The van der Waals surface area contributed by atoms with Gasteiger partial charge in [0.15, 0.2) is 11.5 Å². The molecule has 9 heteroatoms. The molecular formula is C22H15ClNO6S-. The number of carbonyl (C=O) groups excluding carboxylic acids is 3. The van der Waals surface area contributed by atoms with E-state index in [1.165, 1.54) is 25.3 Å². The van der Waals surface area contributed by atoms with Crippen LogP contribution in [0.2, 0.25) is 5.02 Å². The quantitative estimate of drug-likeness (QED) is 0.466. The fourth-order valence-corrected chi connectivity index (χ4v) is 3.85. The van der Waals surface area contributed by atoms with Crippen molar-refractivity contribution in [1.82, 2.24) is 4.90 Å². The SMILES string of the molecule is C#CCN1C(=O)S/C(=C\c2cc(Cl)c(OCc3ccc(C(=O)[O-])cc3)c(OC)c2)C1=O. The Bertz CT molecular complexity index is 1120. The molecule has 1 heterocycles. The van der Waals surface area contributed by atoms with Crippen molar-refractivity contribution < 1.29 is 29.0 Å². The molecule has 0 radical (unpaired) electrons. The van der Waals surface area contributed by atoms with Crippen LogP contribution in [0.5, 0.6) is 11.5 Å². The number of nitrogens with zero attached hydrogens (tertiary/aromatic N) is 1. The van der Waals surface area contributed by atoms with Crippen molar-refractivity contribution in [2.24, 2.45) is 0 Å². The zero-order chi connectivity index (χ0) is 22.5. The number of carboxylic acid groups (broad SMARTS) is 1. The zero-order valence-corrected chi connectivity index (χ0v) is 17.8. The first-order valence-electron chi connectivity index (χ1n) is 8.83. The number of methoxy groups -OCH3 is 1. The van der Waals surface area contributed by atoms with E-state index in [1.807, 2.05) is 0 Å². The lowest BCUT2D eigenvalue weighted by atomic mass is 10.1. The summed E-state index contributed by atoms with van der Waals surface area (Å²) in [6, 6.07) is 9.24. The minimum Gasteiger partial charge on any atom is -0.545 e. The van der Waals surface area contributed by atoms with Gasteiger partial charge in [0.05, 0.1) is 29.6 Å². The Labute approximate surface area is 187 Å². The average molecular weight is 457 g/mol. The zero-order valence-electron chi connectivity index (χ0n) is 16.2. The third-order valence-corrected chi connectivity index (χ3v) is 5.43. The summed E-state index contributed by atoms with van der Waals surface area (Å²) in [6.45, 7) is 0.0244. The number of amides is 2. The Morgan fingerprint density at radius 1 is 1.29 bits per heavy atom. The van der Waals surface area contributed by atoms with Crippen LogP contribution < -0.4 is 14.6 Å². The maximum atomic E-state index is 12.3. The second-order valence-corrected chi connectivity index (χ2v) is 7.68. The fraction of sp³-hybridized carbons (Fsp3) is 0.136. The third kappa shape index (κ3) is 5.02. The monoisotopic (exact) mass is 456 g/mol. The van der Waals surface area contributed by atoms with Crippen molar-refractivity contribution in [2.45, 2.75) is 6.61 Å². The van der Waals surface area contributed by atoms with Gasteiger partial charge in [0.25, 0.3) is 11.1 Å². The normalized spacial score (nSPS) is 14.6. The maximum Gasteiger partial charge on any atom is 0.294 e. The van der Waals surface area contributed by atoms with Crippen LogP contribution in [0, 0.1) is 12.3 Å². The lowest BCUT2D eigenvalue weighted by molar-refractivity contribution is -0.255. The summed E-state index contributed by atoms with van der Waals surface area (Å²) in [4.78, 5) is 36.3. The van der Waals surface area contributed by atoms with Gasteiger partial charge >= 0.3 is 0 Å². The molecule has 0 aliphatic carbocycles. The first-order chi connectivity index (χ1) is 14.8. The highest BCUT2D eigenvalue weighted by Crippen LogP contribution is 2.39. The smallest absolute Gasteiger partial charge is 0.294 e. The van der Waals surface area contributed by atoms with E-state index >= 15 is 0 Å². The molecule has 0 N–H and O–H groups in total. The number of imide groups is 1. The van der Waals surface area contributed by atoms with Crippen LogP contribution in [0.15, 0.2) is 41.3 Å². The Hall–Kier alpha value is -3.41. The molecule has 0 bridgehead atoms. The topological polar surface area (TPSA) is 96.0 Å². The van der Waals surface area contributed by atoms with E-state index in [0.29, 0.717) is 11.3 Å². The molecule has 0 spiro atoms. The van der Waals surface area contributed by atoms with E-state index in [4.69, 9.17) is 27.5 Å². The fourth-order valence-electron chi connectivity index (χ4n) is 2.73. The summed E-state index contributed by atoms with van der Waals surface area (Å²) in [7, 11) is 1.44. The van der Waals surface area contributed by atoms with Crippen LogP contribution in [0.25, 0.3) is 6.08 Å². The standard InChI is InChI=1S/C22H16ClNO6S/c1-3-8-24-20(25)18(31-22(24)28)11-14-9-16(23)19(17(10-14)29-2)30-12-13-4-6-15(7-5-13)21(26)27/h1,4-7,9-11H,8,12H2,2H3,(H,26,27)/p-1/b18-11-. The van der Waals surface area contributed by atoms with Crippen molar-refractivity contribution in [3.63, 3.8) is 0 Å². The van der Waals surface area contributed by atoms with Gasteiger partial charge in [0.2, 0.25) is 0 Å². The van der Waals surface area contributed by atoms with E-state index in [-0.39, 0.29) is 34.4 Å². The van der Waals surface area contributed by atoms with E-state index in [1.54, 1.807) is 24.3 Å². The van der Waals surface area contributed by atoms with E-state index in [2.05, 4.69) is 5.92 Å². The minimum absolute atomic E-state index is 0.0652. The molecule has 31 heavy (non-hydrogen) atoms. The van der Waals surface area contributed by atoms with Gasteiger partial charge in [-0.2, -0.15) is 0 Å². The first-order valence-corrected chi connectivity index (χ1v) is 10.0. The number of benzene rings is 2. The van der Waals surface area contributed by atoms with Crippen LogP contribution in [0.1, 0.15) is 21.5 Å². The van der Waals surface area contributed by atoms with Crippen LogP contribution >= 0.6 is 23.4 Å². The summed E-state index contributed by atoms with van der Waals surface area (Å²) in [5.74, 6) is 1.16. The number of thioether (sulfide) groups is 1. The predicted octanol–water partition coefficient (Wildman–Crippen LogP) is 2.96. The number of carbonyl (C=O) groups is 3. The molecule has 7 nitrogen and oxygen atoms in total. The molecule has 0 atom stereocenters. The number of rotatable bonds is 7. The van der Waals surface area contributed by atoms with Crippen LogP contribution in [0.3, 0.4) is 0 Å². The van der Waals surface area contributed by atoms with Gasteiger partial charge in [0, 0.05) is 0 Å².